The molecule has 142 valence electrons. The highest BCUT2D eigenvalue weighted by atomic mass is 16.5. The maximum atomic E-state index is 11.5. The fourth-order valence-corrected chi connectivity index (χ4v) is 2.34. The maximum Gasteiger partial charge on any atom is 0.337 e. The normalized spacial score (nSPS) is 10.1. The van der Waals surface area contributed by atoms with E-state index >= 15 is 0 Å². The molecule has 3 aromatic rings. The Morgan fingerprint density at radius 3 is 2.14 bits per heavy atom. The molecule has 0 saturated carbocycles. The highest BCUT2D eigenvalue weighted by Crippen LogP contribution is 2.19. The van der Waals surface area contributed by atoms with Crippen molar-refractivity contribution in [2.24, 2.45) is 0 Å². The second-order valence-electron chi connectivity index (χ2n) is 5.74. The van der Waals surface area contributed by atoms with E-state index in [9.17, 15) is 9.59 Å². The Balaban J connectivity index is 1.66. The molecule has 3 N–H and O–H groups in total. The Morgan fingerprint density at radius 1 is 0.893 bits per heavy atom. The highest BCUT2D eigenvalue weighted by Gasteiger charge is 2.06. The molecule has 0 bridgehead atoms. The van der Waals surface area contributed by atoms with E-state index in [0.717, 1.165) is 5.69 Å². The van der Waals surface area contributed by atoms with E-state index in [1.807, 2.05) is 12.1 Å². The molecule has 2 aromatic carbocycles. The molecule has 0 aliphatic carbocycles. The van der Waals surface area contributed by atoms with Crippen LogP contribution in [0.3, 0.4) is 0 Å². The topological polar surface area (TPSA) is 118 Å². The van der Waals surface area contributed by atoms with E-state index in [4.69, 9.17) is 0 Å². The van der Waals surface area contributed by atoms with Gasteiger partial charge >= 0.3 is 5.97 Å². The van der Waals surface area contributed by atoms with Crippen LogP contribution in [0.5, 0.6) is 0 Å². The molecule has 0 aliphatic rings. The van der Waals surface area contributed by atoms with E-state index in [2.05, 4.69) is 35.9 Å². The molecule has 28 heavy (non-hydrogen) atoms. The molecule has 1 heterocycles. The van der Waals surface area contributed by atoms with Crippen molar-refractivity contribution >= 4 is 40.7 Å². The van der Waals surface area contributed by atoms with Crippen LogP contribution in [0.15, 0.2) is 54.7 Å². The van der Waals surface area contributed by atoms with Gasteiger partial charge in [0, 0.05) is 24.0 Å². The number of nitrogens with zero attached hydrogens (tertiary/aromatic N) is 3. The summed E-state index contributed by atoms with van der Waals surface area (Å²) in [4.78, 5) is 26.9. The predicted molar refractivity (Wildman–Crippen MR) is 105 cm³/mol. The molecule has 0 unspecified atom stereocenters. The molecule has 1 amide bonds. The van der Waals surface area contributed by atoms with E-state index < -0.39 is 5.97 Å². The fraction of sp³-hybridized carbons (Fsp3) is 0.105. The highest BCUT2D eigenvalue weighted by molar-refractivity contribution is 5.90. The predicted octanol–water partition coefficient (Wildman–Crippen LogP) is 3.10. The lowest BCUT2D eigenvalue weighted by Gasteiger charge is -2.09. The van der Waals surface area contributed by atoms with Crippen molar-refractivity contribution in [3.05, 3.63) is 60.3 Å². The van der Waals surface area contributed by atoms with Gasteiger partial charge in [-0.1, -0.05) is 0 Å². The Labute approximate surface area is 161 Å². The van der Waals surface area contributed by atoms with Gasteiger partial charge in [-0.3, -0.25) is 4.79 Å². The summed E-state index contributed by atoms with van der Waals surface area (Å²) in [6.45, 7) is 1.45. The van der Waals surface area contributed by atoms with Crippen molar-refractivity contribution in [1.29, 1.82) is 0 Å². The number of benzene rings is 2. The van der Waals surface area contributed by atoms with E-state index in [1.165, 1.54) is 20.2 Å². The summed E-state index contributed by atoms with van der Waals surface area (Å²) < 4.78 is 4.67. The van der Waals surface area contributed by atoms with Gasteiger partial charge in [0.15, 0.2) is 5.82 Å². The van der Waals surface area contributed by atoms with Crippen LogP contribution in [0.25, 0.3) is 0 Å². The van der Waals surface area contributed by atoms with E-state index in [0.29, 0.717) is 28.7 Å². The SMILES string of the molecule is COC(=O)c1ccc(Nc2nncc(Nc3ccc(NC(C)=O)cc3)n2)cc1. The van der Waals surface area contributed by atoms with Gasteiger partial charge in [-0.05, 0) is 48.5 Å². The zero-order valence-corrected chi connectivity index (χ0v) is 15.3. The van der Waals surface area contributed by atoms with E-state index in [1.54, 1.807) is 36.4 Å². The Morgan fingerprint density at radius 2 is 1.50 bits per heavy atom. The van der Waals surface area contributed by atoms with Gasteiger partial charge < -0.3 is 20.7 Å². The van der Waals surface area contributed by atoms with Gasteiger partial charge in [0.25, 0.3) is 0 Å². The smallest absolute Gasteiger partial charge is 0.337 e. The lowest BCUT2D eigenvalue weighted by atomic mass is 10.2. The number of ether oxygens (including phenoxy) is 1. The lowest BCUT2D eigenvalue weighted by molar-refractivity contribution is -0.114. The molecule has 0 saturated heterocycles. The van der Waals surface area contributed by atoms with Crippen LogP contribution in [0.1, 0.15) is 17.3 Å². The summed E-state index contributed by atoms with van der Waals surface area (Å²) in [5, 5.41) is 16.7. The maximum absolute atomic E-state index is 11.5. The second kappa shape index (κ2) is 8.58. The first-order valence-electron chi connectivity index (χ1n) is 8.33. The number of aromatic nitrogens is 3. The number of carbonyl (C=O) groups is 2. The molecule has 0 atom stereocenters. The summed E-state index contributed by atoms with van der Waals surface area (Å²) in [6, 6.07) is 13.9. The number of rotatable bonds is 6. The minimum absolute atomic E-state index is 0.129. The van der Waals surface area contributed by atoms with Gasteiger partial charge in [0.2, 0.25) is 11.9 Å². The first kappa shape index (κ1) is 18.8. The summed E-state index contributed by atoms with van der Waals surface area (Å²) in [7, 11) is 1.33. The monoisotopic (exact) mass is 378 g/mol. The van der Waals surface area contributed by atoms with Crippen LogP contribution in [0.4, 0.5) is 28.8 Å². The Kier molecular flexibility index (Phi) is 5.75. The number of hydrogen-bond donors (Lipinski definition) is 3. The van der Waals surface area contributed by atoms with Crippen molar-refractivity contribution in [2.45, 2.75) is 6.92 Å². The number of nitrogens with one attached hydrogen (secondary N) is 3. The molecular weight excluding hydrogens is 360 g/mol. The van der Waals surface area contributed by atoms with Crippen molar-refractivity contribution < 1.29 is 14.3 Å². The van der Waals surface area contributed by atoms with Crippen LogP contribution in [-0.2, 0) is 9.53 Å². The minimum atomic E-state index is -0.403. The minimum Gasteiger partial charge on any atom is -0.465 e. The zero-order chi connectivity index (χ0) is 19.9. The summed E-state index contributed by atoms with van der Waals surface area (Å²) in [6.07, 6.45) is 1.49. The third-order valence-electron chi connectivity index (χ3n) is 3.60. The van der Waals surface area contributed by atoms with Crippen molar-refractivity contribution in [1.82, 2.24) is 15.2 Å². The standard InChI is InChI=1S/C19H18N6O3/c1-12(26)21-14-7-9-15(10-8-14)22-17-11-20-25-19(24-17)23-16-5-3-13(4-6-16)18(27)28-2/h3-11H,1-2H3,(H,21,26)(H2,22,23,24,25). The van der Waals surface area contributed by atoms with E-state index in [-0.39, 0.29) is 5.91 Å². The van der Waals surface area contributed by atoms with Crippen molar-refractivity contribution in [3.63, 3.8) is 0 Å². The number of methoxy groups -OCH3 is 1. The van der Waals surface area contributed by atoms with Gasteiger partial charge in [-0.25, -0.2) is 4.79 Å². The number of hydrogen-bond acceptors (Lipinski definition) is 8. The Hall–Kier alpha value is -4.01. The largest absolute Gasteiger partial charge is 0.465 e. The van der Waals surface area contributed by atoms with Gasteiger partial charge in [-0.15, -0.1) is 5.10 Å². The molecule has 9 nitrogen and oxygen atoms in total. The van der Waals surface area contributed by atoms with Gasteiger partial charge in [-0.2, -0.15) is 10.1 Å². The number of carbonyl (C=O) groups excluding carboxylic acids is 2. The van der Waals surface area contributed by atoms with Crippen LogP contribution in [0.2, 0.25) is 0 Å². The number of esters is 1. The summed E-state index contributed by atoms with van der Waals surface area (Å²) in [5.41, 5.74) is 2.64. The van der Waals surface area contributed by atoms with Crippen LogP contribution >= 0.6 is 0 Å². The second-order valence-corrected chi connectivity index (χ2v) is 5.74. The molecule has 0 aliphatic heterocycles. The third-order valence-corrected chi connectivity index (χ3v) is 3.60. The molecule has 9 heteroatoms. The molecular formula is C19H18N6O3. The molecule has 0 radical (unpaired) electrons. The van der Waals surface area contributed by atoms with Crippen LogP contribution in [-0.4, -0.2) is 34.2 Å². The Bertz CT molecular complexity index is 974. The average molecular weight is 378 g/mol. The van der Waals surface area contributed by atoms with Crippen molar-refractivity contribution in [2.75, 3.05) is 23.1 Å². The third kappa shape index (κ3) is 5.01. The molecule has 3 rings (SSSR count). The fourth-order valence-electron chi connectivity index (χ4n) is 2.34. The quantitative estimate of drug-likeness (QED) is 0.560. The first-order chi connectivity index (χ1) is 13.5. The lowest BCUT2D eigenvalue weighted by Crippen LogP contribution is -2.05. The molecule has 0 fully saturated rings. The molecule has 1 aromatic heterocycles. The summed E-state index contributed by atoms with van der Waals surface area (Å²) >= 11 is 0. The molecule has 0 spiro atoms. The average Bonchev–Trinajstić information content (AvgIpc) is 2.69. The zero-order valence-electron chi connectivity index (χ0n) is 15.3. The summed E-state index contributed by atoms with van der Waals surface area (Å²) in [5.74, 6) is 0.262. The van der Waals surface area contributed by atoms with Crippen LogP contribution < -0.4 is 16.0 Å². The number of amides is 1. The van der Waals surface area contributed by atoms with Crippen molar-refractivity contribution in [3.8, 4) is 0 Å². The van der Waals surface area contributed by atoms with Crippen LogP contribution in [0, 0.1) is 0 Å². The van der Waals surface area contributed by atoms with Gasteiger partial charge in [0.05, 0.1) is 18.9 Å². The number of anilines is 5. The van der Waals surface area contributed by atoms with Gasteiger partial charge in [0.1, 0.15) is 0 Å². The first-order valence-corrected chi connectivity index (χ1v) is 8.33.